The average Bonchev–Trinajstić information content (AvgIpc) is 3.15. The second kappa shape index (κ2) is 8.65. The number of urea groups is 1. The number of anilines is 1. The van der Waals surface area contributed by atoms with Gasteiger partial charge >= 0.3 is 6.03 Å². The van der Waals surface area contributed by atoms with E-state index in [9.17, 15) is 14.0 Å². The first-order valence-electron chi connectivity index (χ1n) is 11.2. The number of aryl methyl sites for hydroxylation is 1. The Labute approximate surface area is 189 Å². The lowest BCUT2D eigenvalue weighted by molar-refractivity contribution is 0.247. The van der Waals surface area contributed by atoms with E-state index in [1.54, 1.807) is 18.5 Å². The van der Waals surface area contributed by atoms with E-state index >= 15 is 0 Å². The second-order valence-electron chi connectivity index (χ2n) is 8.63. The Kier molecular flexibility index (Phi) is 5.53. The van der Waals surface area contributed by atoms with Crippen LogP contribution in [0.5, 0.6) is 0 Å². The Hall–Kier alpha value is -3.75. The summed E-state index contributed by atoms with van der Waals surface area (Å²) in [5.74, 6) is -0.158. The number of nitrogens with one attached hydrogen (secondary N) is 3. The van der Waals surface area contributed by atoms with Gasteiger partial charge in [0.25, 0.3) is 5.56 Å². The molecule has 33 heavy (non-hydrogen) atoms. The van der Waals surface area contributed by atoms with E-state index in [2.05, 4.69) is 25.6 Å². The van der Waals surface area contributed by atoms with Crippen molar-refractivity contribution in [3.63, 3.8) is 0 Å². The van der Waals surface area contributed by atoms with Gasteiger partial charge < -0.3 is 20.2 Å². The van der Waals surface area contributed by atoms with Crippen molar-refractivity contribution in [3.05, 3.63) is 52.8 Å². The number of aromatic nitrogens is 4. The van der Waals surface area contributed by atoms with Gasteiger partial charge in [-0.3, -0.25) is 4.79 Å². The Morgan fingerprint density at radius 3 is 2.91 bits per heavy atom. The lowest BCUT2D eigenvalue weighted by atomic mass is 9.89. The average molecular weight is 449 g/mol. The van der Waals surface area contributed by atoms with E-state index in [-0.39, 0.29) is 16.9 Å². The maximum absolute atomic E-state index is 14.8. The van der Waals surface area contributed by atoms with Crippen LogP contribution in [0.4, 0.5) is 14.9 Å². The number of amides is 2. The zero-order valence-electron chi connectivity index (χ0n) is 18.3. The van der Waals surface area contributed by atoms with E-state index in [4.69, 9.17) is 0 Å². The molecule has 0 saturated heterocycles. The van der Waals surface area contributed by atoms with E-state index in [0.29, 0.717) is 23.5 Å². The number of hydrogen-bond acceptors (Lipinski definition) is 4. The van der Waals surface area contributed by atoms with Crippen LogP contribution >= 0.6 is 0 Å². The van der Waals surface area contributed by atoms with Crippen LogP contribution in [-0.2, 0) is 7.05 Å². The largest absolute Gasteiger partial charge is 0.338 e. The topological polar surface area (TPSA) is 105 Å². The van der Waals surface area contributed by atoms with Gasteiger partial charge in [0.15, 0.2) is 0 Å². The van der Waals surface area contributed by atoms with Gasteiger partial charge in [-0.1, -0.05) is 19.3 Å². The van der Waals surface area contributed by atoms with Gasteiger partial charge in [0.1, 0.15) is 17.2 Å². The summed E-state index contributed by atoms with van der Waals surface area (Å²) in [6, 6.07) is 5.80. The maximum atomic E-state index is 14.8. The van der Waals surface area contributed by atoms with Crippen molar-refractivity contribution in [2.24, 2.45) is 13.0 Å². The van der Waals surface area contributed by atoms with E-state index < -0.39 is 17.4 Å². The number of carbonyl (C=O) groups is 1. The summed E-state index contributed by atoms with van der Waals surface area (Å²) in [5.41, 5.74) is 1.74. The molecule has 1 fully saturated rings. The number of carbonyl (C=O) groups excluding carboxylic acids is 1. The number of aromatic amines is 1. The van der Waals surface area contributed by atoms with Gasteiger partial charge in [0.05, 0.1) is 16.7 Å². The minimum Gasteiger partial charge on any atom is -0.338 e. The molecule has 1 aliphatic rings. The number of nitrogens with zero attached hydrogens (tertiary/aromatic N) is 3. The van der Waals surface area contributed by atoms with Crippen molar-refractivity contribution in [2.75, 3.05) is 11.9 Å². The monoisotopic (exact) mass is 448 g/mol. The fraction of sp³-hybridized carbons (Fsp3) is 0.333. The predicted octanol–water partition coefficient (Wildman–Crippen LogP) is 4.32. The molecule has 3 N–H and O–H groups in total. The number of fused-ring (bicyclic) bond motifs is 2. The van der Waals surface area contributed by atoms with Crippen LogP contribution in [0.2, 0.25) is 0 Å². The maximum Gasteiger partial charge on any atom is 0.319 e. The van der Waals surface area contributed by atoms with Crippen LogP contribution in [-0.4, -0.2) is 32.1 Å². The number of H-pyrrole nitrogens is 1. The molecule has 9 heteroatoms. The quantitative estimate of drug-likeness (QED) is 0.432. The molecule has 0 bridgehead atoms. The SMILES string of the molecule is Cn1cc(-c2nc3cc(F)c(NC(=O)NCC4CCCCC4)cc3[nH]c2=O)c2cccnc21. The summed E-state index contributed by atoms with van der Waals surface area (Å²) in [7, 11) is 1.84. The third-order valence-electron chi connectivity index (χ3n) is 6.29. The van der Waals surface area contributed by atoms with Crippen molar-refractivity contribution < 1.29 is 9.18 Å². The molecule has 170 valence electrons. The molecule has 0 aliphatic heterocycles. The van der Waals surface area contributed by atoms with Gasteiger partial charge in [0, 0.05) is 43.0 Å². The van der Waals surface area contributed by atoms with Crippen LogP contribution in [0.3, 0.4) is 0 Å². The smallest absolute Gasteiger partial charge is 0.319 e. The minimum absolute atomic E-state index is 0.0109. The minimum atomic E-state index is -0.625. The molecule has 1 saturated carbocycles. The molecule has 3 heterocycles. The van der Waals surface area contributed by atoms with Crippen molar-refractivity contribution in [1.82, 2.24) is 24.8 Å². The molecule has 1 aromatic carbocycles. The number of benzene rings is 1. The third kappa shape index (κ3) is 4.18. The number of pyridine rings is 1. The van der Waals surface area contributed by atoms with E-state index in [1.165, 1.54) is 31.4 Å². The molecule has 4 aromatic rings. The van der Waals surface area contributed by atoms with Gasteiger partial charge in [0.2, 0.25) is 0 Å². The molecule has 1 aliphatic carbocycles. The first-order chi connectivity index (χ1) is 16.0. The lowest BCUT2D eigenvalue weighted by Gasteiger charge is -2.21. The standard InChI is InChI=1S/C24H25FN6O2/c1-31-13-16(15-8-5-9-26-22(15)31)21-23(32)29-20-11-18(17(25)10-19(20)28-21)30-24(33)27-12-14-6-3-2-4-7-14/h5,8-11,13-14H,2-4,6-7,12H2,1H3,(H,29,32)(H2,27,30,33). The summed E-state index contributed by atoms with van der Waals surface area (Å²) in [6.07, 6.45) is 9.29. The van der Waals surface area contributed by atoms with Crippen LogP contribution < -0.4 is 16.2 Å². The highest BCUT2D eigenvalue weighted by Crippen LogP contribution is 2.28. The van der Waals surface area contributed by atoms with Crippen molar-refractivity contribution in [2.45, 2.75) is 32.1 Å². The predicted molar refractivity (Wildman–Crippen MR) is 126 cm³/mol. The van der Waals surface area contributed by atoms with Crippen molar-refractivity contribution >= 4 is 33.8 Å². The Morgan fingerprint density at radius 2 is 2.09 bits per heavy atom. The van der Waals surface area contributed by atoms with E-state index in [0.717, 1.165) is 23.9 Å². The normalized spacial score (nSPS) is 14.6. The Bertz CT molecular complexity index is 1400. The molecule has 3 aromatic heterocycles. The summed E-state index contributed by atoms with van der Waals surface area (Å²) in [5, 5.41) is 6.16. The molecule has 0 unspecified atom stereocenters. The van der Waals surface area contributed by atoms with Crippen molar-refractivity contribution in [3.8, 4) is 11.3 Å². The van der Waals surface area contributed by atoms with Crippen LogP contribution in [0.25, 0.3) is 33.3 Å². The molecule has 5 rings (SSSR count). The summed E-state index contributed by atoms with van der Waals surface area (Å²) < 4.78 is 16.6. The first kappa shape index (κ1) is 21.1. The van der Waals surface area contributed by atoms with Gasteiger partial charge in [-0.25, -0.2) is 19.2 Å². The zero-order chi connectivity index (χ0) is 22.9. The molecule has 2 amide bonds. The highest BCUT2D eigenvalue weighted by atomic mass is 19.1. The van der Waals surface area contributed by atoms with Crippen molar-refractivity contribution in [1.29, 1.82) is 0 Å². The molecule has 0 atom stereocenters. The van der Waals surface area contributed by atoms with Crippen LogP contribution in [0, 0.1) is 11.7 Å². The fourth-order valence-electron chi connectivity index (χ4n) is 4.58. The zero-order valence-corrected chi connectivity index (χ0v) is 18.3. The third-order valence-corrected chi connectivity index (χ3v) is 6.29. The highest BCUT2D eigenvalue weighted by Gasteiger charge is 2.18. The molecular formula is C24H25FN6O2. The van der Waals surface area contributed by atoms with Gasteiger partial charge in [-0.05, 0) is 37.0 Å². The Morgan fingerprint density at radius 1 is 1.27 bits per heavy atom. The number of halogens is 1. The first-order valence-corrected chi connectivity index (χ1v) is 11.2. The van der Waals surface area contributed by atoms with Crippen LogP contribution in [0.1, 0.15) is 32.1 Å². The van der Waals surface area contributed by atoms with Crippen LogP contribution in [0.15, 0.2) is 41.5 Å². The fourth-order valence-corrected chi connectivity index (χ4v) is 4.58. The van der Waals surface area contributed by atoms with Gasteiger partial charge in [-0.2, -0.15) is 0 Å². The molecule has 8 nitrogen and oxygen atoms in total. The Balaban J connectivity index is 1.41. The second-order valence-corrected chi connectivity index (χ2v) is 8.63. The molecule has 0 spiro atoms. The highest BCUT2D eigenvalue weighted by molar-refractivity contribution is 5.95. The van der Waals surface area contributed by atoms with E-state index in [1.807, 2.05) is 17.7 Å². The number of hydrogen-bond donors (Lipinski definition) is 3. The van der Waals surface area contributed by atoms with Gasteiger partial charge in [-0.15, -0.1) is 0 Å². The molecule has 0 radical (unpaired) electrons. The summed E-state index contributed by atoms with van der Waals surface area (Å²) in [6.45, 7) is 0.572. The summed E-state index contributed by atoms with van der Waals surface area (Å²) in [4.78, 5) is 36.7. The summed E-state index contributed by atoms with van der Waals surface area (Å²) >= 11 is 0. The molecular weight excluding hydrogens is 423 g/mol. The number of rotatable bonds is 4. The lowest BCUT2D eigenvalue weighted by Crippen LogP contribution is -2.34.